The van der Waals surface area contributed by atoms with E-state index in [1.54, 1.807) is 10.9 Å². The van der Waals surface area contributed by atoms with Crippen molar-refractivity contribution in [3.05, 3.63) is 65.1 Å². The molecule has 1 aromatic heterocycles. The Bertz CT molecular complexity index is 944. The van der Waals surface area contributed by atoms with Crippen LogP contribution in [0.2, 0.25) is 0 Å². The predicted octanol–water partition coefficient (Wildman–Crippen LogP) is 3.87. The van der Waals surface area contributed by atoms with Gasteiger partial charge in [0.15, 0.2) is 16.3 Å². The monoisotopic (exact) mass is 337 g/mol. The van der Waals surface area contributed by atoms with Gasteiger partial charge in [-0.1, -0.05) is 30.3 Å². The van der Waals surface area contributed by atoms with Gasteiger partial charge in [0, 0.05) is 0 Å². The summed E-state index contributed by atoms with van der Waals surface area (Å²) in [7, 11) is 0. The molecule has 4 rings (SSSR count). The fraction of sp³-hybridized carbons (Fsp3) is 0.111. The van der Waals surface area contributed by atoms with Gasteiger partial charge in [0.1, 0.15) is 13.2 Å². The normalized spacial score (nSPS) is 13.3. The quantitative estimate of drug-likeness (QED) is 0.583. The minimum Gasteiger partial charge on any atom is -0.486 e. The summed E-state index contributed by atoms with van der Waals surface area (Å²) in [5, 5.41) is 4.43. The summed E-state index contributed by atoms with van der Waals surface area (Å²) in [4.78, 5) is 3.17. The zero-order valence-corrected chi connectivity index (χ0v) is 13.6. The van der Waals surface area contributed by atoms with E-state index in [2.05, 4.69) is 10.1 Å². The van der Waals surface area contributed by atoms with Gasteiger partial charge in [0.05, 0.1) is 18.1 Å². The second-order valence-corrected chi connectivity index (χ2v) is 5.72. The highest BCUT2D eigenvalue weighted by molar-refractivity contribution is 7.71. The van der Waals surface area contributed by atoms with Crippen LogP contribution in [0, 0.1) is 4.77 Å². The lowest BCUT2D eigenvalue weighted by molar-refractivity contribution is 0.171. The molecule has 0 bridgehead atoms. The molecule has 0 saturated carbocycles. The third kappa shape index (κ3) is 2.96. The average Bonchev–Trinajstić information content (AvgIpc) is 3.01. The summed E-state index contributed by atoms with van der Waals surface area (Å²) in [6.45, 7) is 1.15. The van der Waals surface area contributed by atoms with Gasteiger partial charge in [-0.3, -0.25) is 0 Å². The van der Waals surface area contributed by atoms with Crippen molar-refractivity contribution in [3.63, 3.8) is 0 Å². The number of benzene rings is 2. The van der Waals surface area contributed by atoms with Gasteiger partial charge in [0.2, 0.25) is 0 Å². The second-order valence-electron chi connectivity index (χ2n) is 5.33. The van der Waals surface area contributed by atoms with Crippen molar-refractivity contribution in [3.8, 4) is 22.8 Å². The molecule has 3 aromatic rings. The smallest absolute Gasteiger partial charge is 0.198 e. The Kier molecular flexibility index (Phi) is 3.88. The Balaban J connectivity index is 1.60. The van der Waals surface area contributed by atoms with E-state index in [1.165, 1.54) is 0 Å². The number of hydrogen-bond acceptors (Lipinski definition) is 4. The van der Waals surface area contributed by atoms with Crippen LogP contribution >= 0.6 is 12.2 Å². The maximum atomic E-state index is 5.58. The molecular formula is C18H15N3O2S. The summed E-state index contributed by atoms with van der Waals surface area (Å²) in [6, 6.07) is 15.7. The number of aromatic nitrogens is 2. The molecule has 6 heteroatoms. The Morgan fingerprint density at radius 1 is 1.04 bits per heavy atom. The number of imidazole rings is 1. The summed E-state index contributed by atoms with van der Waals surface area (Å²) in [6.07, 6.45) is 3.63. The average molecular weight is 337 g/mol. The summed E-state index contributed by atoms with van der Waals surface area (Å²) < 4.78 is 13.3. The fourth-order valence-electron chi connectivity index (χ4n) is 2.50. The van der Waals surface area contributed by atoms with Crippen LogP contribution in [-0.4, -0.2) is 29.1 Å². The van der Waals surface area contributed by atoms with Crippen molar-refractivity contribution in [1.82, 2.24) is 9.66 Å². The van der Waals surface area contributed by atoms with Crippen LogP contribution in [-0.2, 0) is 0 Å². The number of rotatable bonds is 3. The molecular weight excluding hydrogens is 322 g/mol. The first kappa shape index (κ1) is 14.7. The maximum absolute atomic E-state index is 5.58. The zero-order chi connectivity index (χ0) is 16.4. The van der Waals surface area contributed by atoms with E-state index in [0.29, 0.717) is 18.0 Å². The van der Waals surface area contributed by atoms with E-state index >= 15 is 0 Å². The van der Waals surface area contributed by atoms with Gasteiger partial charge in [-0.05, 0) is 41.5 Å². The van der Waals surface area contributed by atoms with E-state index < -0.39 is 0 Å². The maximum Gasteiger partial charge on any atom is 0.198 e. The van der Waals surface area contributed by atoms with Crippen molar-refractivity contribution in [2.75, 3.05) is 13.2 Å². The molecule has 0 fully saturated rings. The molecule has 120 valence electrons. The molecule has 1 aliphatic heterocycles. The second kappa shape index (κ2) is 6.33. The van der Waals surface area contributed by atoms with Crippen LogP contribution in [0.15, 0.2) is 59.8 Å². The first-order valence-corrected chi connectivity index (χ1v) is 8.01. The van der Waals surface area contributed by atoms with Gasteiger partial charge in [-0.15, -0.1) is 0 Å². The molecule has 5 nitrogen and oxygen atoms in total. The summed E-state index contributed by atoms with van der Waals surface area (Å²) in [5.41, 5.74) is 2.92. The number of nitrogens with one attached hydrogen (secondary N) is 1. The van der Waals surface area contributed by atoms with Crippen LogP contribution in [0.1, 0.15) is 5.56 Å². The van der Waals surface area contributed by atoms with Crippen LogP contribution in [0.3, 0.4) is 0 Å². The number of nitrogens with zero attached hydrogens (tertiary/aromatic N) is 2. The number of hydrogen-bond donors (Lipinski definition) is 1. The van der Waals surface area contributed by atoms with Gasteiger partial charge >= 0.3 is 0 Å². The number of aromatic amines is 1. The van der Waals surface area contributed by atoms with Gasteiger partial charge in [-0.25, -0.2) is 4.68 Å². The van der Waals surface area contributed by atoms with Crippen LogP contribution < -0.4 is 9.47 Å². The predicted molar refractivity (Wildman–Crippen MR) is 95.5 cm³/mol. The summed E-state index contributed by atoms with van der Waals surface area (Å²) >= 11 is 5.33. The molecule has 0 unspecified atom stereocenters. The molecule has 2 aromatic carbocycles. The van der Waals surface area contributed by atoms with Crippen LogP contribution in [0.5, 0.6) is 11.5 Å². The third-order valence-electron chi connectivity index (χ3n) is 3.68. The molecule has 2 heterocycles. The first-order valence-electron chi connectivity index (χ1n) is 7.61. The molecule has 0 saturated heterocycles. The number of H-pyrrole nitrogens is 1. The first-order chi connectivity index (χ1) is 11.8. The zero-order valence-electron chi connectivity index (χ0n) is 12.8. The molecule has 0 radical (unpaired) electrons. The van der Waals surface area contributed by atoms with Gasteiger partial charge in [0.25, 0.3) is 0 Å². The third-order valence-corrected chi connectivity index (χ3v) is 3.97. The molecule has 0 spiro atoms. The highest BCUT2D eigenvalue weighted by atomic mass is 32.1. The van der Waals surface area contributed by atoms with Crippen molar-refractivity contribution >= 4 is 18.4 Å². The van der Waals surface area contributed by atoms with Crippen molar-refractivity contribution < 1.29 is 9.47 Å². The van der Waals surface area contributed by atoms with Gasteiger partial charge in [-0.2, -0.15) is 5.10 Å². The Morgan fingerprint density at radius 3 is 2.67 bits per heavy atom. The molecule has 0 aliphatic carbocycles. The van der Waals surface area contributed by atoms with E-state index in [4.69, 9.17) is 21.7 Å². The number of ether oxygens (including phenoxy) is 2. The van der Waals surface area contributed by atoms with Crippen LogP contribution in [0.4, 0.5) is 0 Å². The standard InChI is InChI=1S/C18H15N3O2S/c24-18-20-15(14-4-2-1-3-5-14)12-21(18)19-11-13-6-7-16-17(10-13)23-9-8-22-16/h1-7,10-12H,8-9H2,(H,20,24). The van der Waals surface area contributed by atoms with Crippen molar-refractivity contribution in [2.45, 2.75) is 0 Å². The van der Waals surface area contributed by atoms with E-state index in [1.807, 2.05) is 54.7 Å². The summed E-state index contributed by atoms with van der Waals surface area (Å²) in [5.74, 6) is 1.51. The Morgan fingerprint density at radius 2 is 1.83 bits per heavy atom. The number of fused-ring (bicyclic) bond motifs is 1. The van der Waals surface area contributed by atoms with E-state index in [9.17, 15) is 0 Å². The molecule has 0 amide bonds. The lowest BCUT2D eigenvalue weighted by Gasteiger charge is -2.18. The highest BCUT2D eigenvalue weighted by Gasteiger charge is 2.11. The molecule has 0 atom stereocenters. The highest BCUT2D eigenvalue weighted by Crippen LogP contribution is 2.30. The lowest BCUT2D eigenvalue weighted by atomic mass is 10.2. The van der Waals surface area contributed by atoms with Crippen LogP contribution in [0.25, 0.3) is 11.3 Å². The largest absolute Gasteiger partial charge is 0.486 e. The Labute approximate surface area is 144 Å². The van der Waals surface area contributed by atoms with Crippen molar-refractivity contribution in [1.29, 1.82) is 0 Å². The molecule has 1 aliphatic rings. The fourth-order valence-corrected chi connectivity index (χ4v) is 2.71. The van der Waals surface area contributed by atoms with E-state index in [0.717, 1.165) is 28.3 Å². The SMILES string of the molecule is S=c1[nH]c(-c2ccccc2)cn1N=Cc1ccc2c(c1)OCCO2. The lowest BCUT2D eigenvalue weighted by Crippen LogP contribution is -2.15. The minimum atomic E-state index is 0.544. The minimum absolute atomic E-state index is 0.544. The van der Waals surface area contributed by atoms with Crippen molar-refractivity contribution in [2.24, 2.45) is 5.10 Å². The van der Waals surface area contributed by atoms with Gasteiger partial charge < -0.3 is 14.5 Å². The molecule has 24 heavy (non-hydrogen) atoms. The molecule has 1 N–H and O–H groups in total. The Hall–Kier alpha value is -2.86. The topological polar surface area (TPSA) is 51.5 Å². The van der Waals surface area contributed by atoms with E-state index in [-0.39, 0.29) is 0 Å².